The minimum Gasteiger partial charge on any atom is -0.463 e. The molecular formula is C26H38O12. The van der Waals surface area contributed by atoms with Crippen molar-refractivity contribution in [1.82, 2.24) is 0 Å². The molecule has 38 heavy (non-hydrogen) atoms. The minimum atomic E-state index is -0.654. The van der Waals surface area contributed by atoms with Crippen LogP contribution in [0.1, 0.15) is 53.4 Å². The highest BCUT2D eigenvalue weighted by molar-refractivity contribution is 5.67. The first-order valence-electron chi connectivity index (χ1n) is 12.7. The summed E-state index contributed by atoms with van der Waals surface area (Å²) in [5.74, 6) is -1.83. The fraction of sp³-hybridized carbons (Fsp3) is 0.692. The van der Waals surface area contributed by atoms with Gasteiger partial charge < -0.3 is 37.9 Å². The fourth-order valence-corrected chi connectivity index (χ4v) is 3.67. The number of carbonyl (C=O) groups excluding carboxylic acids is 4. The second kappa shape index (κ2) is 16.9. The van der Waals surface area contributed by atoms with E-state index in [0.29, 0.717) is 13.2 Å². The highest BCUT2D eigenvalue weighted by atomic mass is 16.7. The summed E-state index contributed by atoms with van der Waals surface area (Å²) < 4.78 is 43.4. The van der Waals surface area contributed by atoms with Crippen LogP contribution in [0.4, 0.5) is 0 Å². The van der Waals surface area contributed by atoms with E-state index in [-0.39, 0.29) is 13.2 Å². The Balaban J connectivity index is 1.63. The highest BCUT2D eigenvalue weighted by Crippen LogP contribution is 2.20. The maximum absolute atomic E-state index is 11.3. The van der Waals surface area contributed by atoms with Crippen molar-refractivity contribution < 1.29 is 57.1 Å². The van der Waals surface area contributed by atoms with Crippen molar-refractivity contribution in [3.05, 3.63) is 24.3 Å². The van der Waals surface area contributed by atoms with Gasteiger partial charge in [0, 0.05) is 27.7 Å². The van der Waals surface area contributed by atoms with E-state index in [0.717, 1.165) is 25.7 Å². The van der Waals surface area contributed by atoms with Crippen LogP contribution in [0, 0.1) is 0 Å². The average Bonchev–Trinajstić information content (AvgIpc) is 2.84. The molecule has 0 fully saturated rings. The standard InChI is InChI=1S/C26H38O12/c1-17(27)33-15-23-21(35-19(3)29)9-11-25(37-23)31-13-7-5-6-8-14-32-26-12-10-22(36-20(4)30)24(38-26)16-34-18(2)28/h9-12,21-26H,5-8,13-16H2,1-4H3/t21-,22-,23+,24+,25-,26-/m0/s1. The van der Waals surface area contributed by atoms with Crippen LogP contribution < -0.4 is 0 Å². The third-order valence-corrected chi connectivity index (χ3v) is 5.38. The Morgan fingerprint density at radius 1 is 0.579 bits per heavy atom. The molecule has 0 spiro atoms. The summed E-state index contributed by atoms with van der Waals surface area (Å²) in [5, 5.41) is 0. The quantitative estimate of drug-likeness (QED) is 0.129. The first-order valence-corrected chi connectivity index (χ1v) is 12.7. The fourth-order valence-electron chi connectivity index (χ4n) is 3.67. The number of hydrogen-bond acceptors (Lipinski definition) is 12. The van der Waals surface area contributed by atoms with Gasteiger partial charge in [-0.25, -0.2) is 0 Å². The Labute approximate surface area is 222 Å². The predicted octanol–water partition coefficient (Wildman–Crippen LogP) is 2.13. The van der Waals surface area contributed by atoms with Gasteiger partial charge in [-0.15, -0.1) is 0 Å². The largest absolute Gasteiger partial charge is 0.463 e. The molecule has 0 radical (unpaired) electrons. The lowest BCUT2D eigenvalue weighted by atomic mass is 10.1. The van der Waals surface area contributed by atoms with Crippen molar-refractivity contribution in [2.75, 3.05) is 26.4 Å². The van der Waals surface area contributed by atoms with Crippen molar-refractivity contribution in [2.24, 2.45) is 0 Å². The van der Waals surface area contributed by atoms with E-state index in [1.165, 1.54) is 27.7 Å². The first-order chi connectivity index (χ1) is 18.1. The normalized spacial score (nSPS) is 26.4. The van der Waals surface area contributed by atoms with Crippen LogP contribution >= 0.6 is 0 Å². The molecule has 0 aromatic carbocycles. The number of rotatable bonds is 15. The molecule has 0 saturated heterocycles. The monoisotopic (exact) mass is 542 g/mol. The molecule has 0 aliphatic carbocycles. The minimum absolute atomic E-state index is 0.0493. The second-order valence-corrected chi connectivity index (χ2v) is 8.76. The lowest BCUT2D eigenvalue weighted by Gasteiger charge is -2.31. The van der Waals surface area contributed by atoms with Gasteiger partial charge in [0.15, 0.2) is 12.6 Å². The van der Waals surface area contributed by atoms with Crippen molar-refractivity contribution in [3.63, 3.8) is 0 Å². The Kier molecular flexibility index (Phi) is 14.0. The molecule has 0 N–H and O–H groups in total. The van der Waals surface area contributed by atoms with Crippen molar-refractivity contribution >= 4 is 23.9 Å². The van der Waals surface area contributed by atoms with Gasteiger partial charge in [-0.2, -0.15) is 0 Å². The molecule has 12 nitrogen and oxygen atoms in total. The third-order valence-electron chi connectivity index (χ3n) is 5.38. The summed E-state index contributed by atoms with van der Waals surface area (Å²) >= 11 is 0. The van der Waals surface area contributed by atoms with Crippen LogP contribution in [0.2, 0.25) is 0 Å². The second-order valence-electron chi connectivity index (χ2n) is 8.76. The molecule has 0 amide bonds. The summed E-state index contributed by atoms with van der Waals surface area (Å²) in [5.41, 5.74) is 0. The molecule has 2 rings (SSSR count). The molecule has 0 unspecified atom stereocenters. The number of ether oxygens (including phenoxy) is 8. The molecule has 2 aliphatic heterocycles. The van der Waals surface area contributed by atoms with E-state index in [1.807, 2.05) is 0 Å². The Hall–Kier alpha value is -2.80. The third kappa shape index (κ3) is 12.6. The van der Waals surface area contributed by atoms with E-state index in [1.54, 1.807) is 24.3 Å². The van der Waals surface area contributed by atoms with Gasteiger partial charge in [-0.1, -0.05) is 12.8 Å². The molecule has 6 atom stereocenters. The molecular weight excluding hydrogens is 504 g/mol. The lowest BCUT2D eigenvalue weighted by Crippen LogP contribution is -2.42. The van der Waals surface area contributed by atoms with Crippen LogP contribution in [0.15, 0.2) is 24.3 Å². The van der Waals surface area contributed by atoms with Gasteiger partial charge >= 0.3 is 23.9 Å². The highest BCUT2D eigenvalue weighted by Gasteiger charge is 2.32. The Bertz CT molecular complexity index is 770. The van der Waals surface area contributed by atoms with Crippen LogP contribution in [0.3, 0.4) is 0 Å². The van der Waals surface area contributed by atoms with Crippen LogP contribution in [0.25, 0.3) is 0 Å². The zero-order chi connectivity index (χ0) is 27.9. The van der Waals surface area contributed by atoms with E-state index in [9.17, 15) is 19.2 Å². The number of unbranched alkanes of at least 4 members (excludes halogenated alkanes) is 3. The topological polar surface area (TPSA) is 142 Å². The van der Waals surface area contributed by atoms with Crippen molar-refractivity contribution in [3.8, 4) is 0 Å². The first kappa shape index (κ1) is 31.4. The van der Waals surface area contributed by atoms with Gasteiger partial charge in [-0.05, 0) is 37.1 Å². The van der Waals surface area contributed by atoms with E-state index < -0.39 is 60.9 Å². The molecule has 12 heteroatoms. The van der Waals surface area contributed by atoms with Gasteiger partial charge in [0.1, 0.15) is 37.6 Å². The van der Waals surface area contributed by atoms with Crippen molar-refractivity contribution in [2.45, 2.75) is 90.4 Å². The molecule has 214 valence electrons. The Morgan fingerprint density at radius 3 is 1.32 bits per heavy atom. The molecule has 0 aromatic heterocycles. The predicted molar refractivity (Wildman–Crippen MR) is 130 cm³/mol. The van der Waals surface area contributed by atoms with Gasteiger partial charge in [0.05, 0.1) is 13.2 Å². The number of hydrogen-bond donors (Lipinski definition) is 0. The number of esters is 4. The Morgan fingerprint density at radius 2 is 0.974 bits per heavy atom. The van der Waals surface area contributed by atoms with Crippen LogP contribution in [-0.4, -0.2) is 87.3 Å². The molecule has 0 saturated carbocycles. The SMILES string of the molecule is CC(=O)OC[C@H]1O[C@H](OCCCCCCO[C@@H]2C=C[C@H](OC(C)=O)[C@@H](COC(C)=O)O2)C=C[C@@H]1OC(C)=O. The van der Waals surface area contributed by atoms with E-state index in [2.05, 4.69) is 0 Å². The number of carbonyl (C=O) groups is 4. The van der Waals surface area contributed by atoms with Gasteiger partial charge in [0.25, 0.3) is 0 Å². The molecule has 0 bridgehead atoms. The van der Waals surface area contributed by atoms with Crippen molar-refractivity contribution in [1.29, 1.82) is 0 Å². The van der Waals surface area contributed by atoms with Gasteiger partial charge in [0.2, 0.25) is 0 Å². The summed E-state index contributed by atoms with van der Waals surface area (Å²) in [6.07, 6.45) is 6.22. The van der Waals surface area contributed by atoms with Crippen LogP contribution in [-0.2, 0) is 57.1 Å². The zero-order valence-electron chi connectivity index (χ0n) is 22.3. The summed E-state index contributed by atoms with van der Waals surface area (Å²) in [6.45, 7) is 6.00. The average molecular weight is 543 g/mol. The zero-order valence-corrected chi connectivity index (χ0v) is 22.3. The molecule has 2 heterocycles. The van der Waals surface area contributed by atoms with E-state index >= 15 is 0 Å². The lowest BCUT2D eigenvalue weighted by molar-refractivity contribution is -0.198. The summed E-state index contributed by atoms with van der Waals surface area (Å²) in [7, 11) is 0. The maximum atomic E-state index is 11.3. The smallest absolute Gasteiger partial charge is 0.303 e. The maximum Gasteiger partial charge on any atom is 0.303 e. The van der Waals surface area contributed by atoms with Gasteiger partial charge in [-0.3, -0.25) is 19.2 Å². The summed E-state index contributed by atoms with van der Waals surface area (Å²) in [4.78, 5) is 44.9. The van der Waals surface area contributed by atoms with E-state index in [4.69, 9.17) is 37.9 Å². The van der Waals surface area contributed by atoms with Crippen LogP contribution in [0.5, 0.6) is 0 Å². The summed E-state index contributed by atoms with van der Waals surface area (Å²) in [6, 6.07) is 0. The molecule has 2 aliphatic rings. The molecule has 0 aromatic rings.